The summed E-state index contributed by atoms with van der Waals surface area (Å²) in [6, 6.07) is 1.77. The highest BCUT2D eigenvalue weighted by Gasteiger charge is 2.27. The number of esters is 1. The van der Waals surface area contributed by atoms with Crippen LogP contribution in [0.4, 0.5) is 0 Å². The maximum atomic E-state index is 12.3. The van der Waals surface area contributed by atoms with Crippen molar-refractivity contribution in [2.24, 2.45) is 0 Å². The maximum Gasteiger partial charge on any atom is 0.348 e. The van der Waals surface area contributed by atoms with Gasteiger partial charge in [0.15, 0.2) is 5.78 Å². The Morgan fingerprint density at radius 2 is 2.29 bits per heavy atom. The van der Waals surface area contributed by atoms with Crippen molar-refractivity contribution < 1.29 is 14.3 Å². The minimum absolute atomic E-state index is 0.0677. The van der Waals surface area contributed by atoms with Gasteiger partial charge >= 0.3 is 5.97 Å². The molecule has 0 saturated heterocycles. The van der Waals surface area contributed by atoms with Crippen LogP contribution in [0.1, 0.15) is 45.2 Å². The van der Waals surface area contributed by atoms with Gasteiger partial charge in [-0.25, -0.2) is 4.79 Å². The second kappa shape index (κ2) is 5.44. The van der Waals surface area contributed by atoms with Gasteiger partial charge in [0.1, 0.15) is 4.88 Å². The van der Waals surface area contributed by atoms with Crippen LogP contribution >= 0.6 is 11.3 Å². The molecule has 3 heterocycles. The Morgan fingerprint density at radius 1 is 1.48 bits per heavy atom. The van der Waals surface area contributed by atoms with Crippen molar-refractivity contribution in [1.29, 1.82) is 0 Å². The fraction of sp³-hybridized carbons (Fsp3) is 0.400. The first-order valence-electron chi connectivity index (χ1n) is 7.04. The summed E-state index contributed by atoms with van der Waals surface area (Å²) in [6.07, 6.45) is 3.10. The van der Waals surface area contributed by atoms with E-state index in [4.69, 9.17) is 4.74 Å². The average Bonchev–Trinajstić information content (AvgIpc) is 3.05. The summed E-state index contributed by atoms with van der Waals surface area (Å²) in [5.41, 5.74) is 2.88. The number of carbonyl (C=O) groups excluding carboxylic acids is 2. The molecule has 0 N–H and O–H groups in total. The van der Waals surface area contributed by atoms with Crippen molar-refractivity contribution in [3.8, 4) is 11.3 Å². The average molecular weight is 304 g/mol. The van der Waals surface area contributed by atoms with Crippen LogP contribution in [0.5, 0.6) is 0 Å². The SMILES string of the molecule is CCOC(=O)c1cc2c(s1)C(=O)CCn1ncc(CC)c1-2. The molecule has 0 aliphatic carbocycles. The molecule has 2 aromatic heterocycles. The van der Waals surface area contributed by atoms with Crippen molar-refractivity contribution in [2.75, 3.05) is 6.61 Å². The normalized spacial score (nSPS) is 13.5. The monoisotopic (exact) mass is 304 g/mol. The third-order valence-corrected chi connectivity index (χ3v) is 4.72. The van der Waals surface area contributed by atoms with E-state index in [0.29, 0.717) is 29.3 Å². The Labute approximate surface area is 126 Å². The Balaban J connectivity index is 2.16. The molecule has 0 radical (unpaired) electrons. The van der Waals surface area contributed by atoms with E-state index in [1.54, 1.807) is 13.0 Å². The summed E-state index contributed by atoms with van der Waals surface area (Å²) >= 11 is 1.23. The number of nitrogens with zero attached hydrogens (tertiary/aromatic N) is 2. The Hall–Kier alpha value is -1.95. The first kappa shape index (κ1) is 14.0. The fourth-order valence-electron chi connectivity index (χ4n) is 2.56. The number of rotatable bonds is 3. The van der Waals surface area contributed by atoms with Crippen LogP contribution in [0.3, 0.4) is 0 Å². The molecule has 0 spiro atoms. The maximum absolute atomic E-state index is 12.3. The second-order valence-corrected chi connectivity index (χ2v) is 5.89. The smallest absolute Gasteiger partial charge is 0.348 e. The molecule has 0 saturated carbocycles. The van der Waals surface area contributed by atoms with Gasteiger partial charge in [-0.1, -0.05) is 6.92 Å². The molecule has 0 amide bonds. The van der Waals surface area contributed by atoms with Gasteiger partial charge in [0, 0.05) is 18.5 Å². The largest absolute Gasteiger partial charge is 0.462 e. The van der Waals surface area contributed by atoms with Crippen molar-refractivity contribution in [3.05, 3.63) is 27.6 Å². The summed E-state index contributed by atoms with van der Waals surface area (Å²) in [6.45, 7) is 4.74. The number of hydrogen-bond donors (Lipinski definition) is 0. The predicted molar refractivity (Wildman–Crippen MR) is 79.8 cm³/mol. The summed E-state index contributed by atoms with van der Waals surface area (Å²) < 4.78 is 6.90. The van der Waals surface area contributed by atoms with Gasteiger partial charge in [-0.3, -0.25) is 9.48 Å². The first-order chi connectivity index (χ1) is 10.2. The first-order valence-corrected chi connectivity index (χ1v) is 7.86. The molecule has 0 fully saturated rings. The van der Waals surface area contributed by atoms with E-state index in [1.807, 2.05) is 10.9 Å². The molecular weight excluding hydrogens is 288 g/mol. The minimum atomic E-state index is -0.368. The zero-order chi connectivity index (χ0) is 15.0. The number of Topliss-reactive ketones (excluding diaryl/α,β-unsaturated/α-hetero) is 1. The van der Waals surface area contributed by atoms with Crippen LogP contribution in [0.2, 0.25) is 0 Å². The van der Waals surface area contributed by atoms with E-state index in [2.05, 4.69) is 12.0 Å². The van der Waals surface area contributed by atoms with Gasteiger partial charge in [0.05, 0.1) is 23.4 Å². The standard InChI is InChI=1S/C15H16N2O3S/c1-3-9-8-16-17-6-5-11(18)14-10(13(9)17)7-12(21-14)15(19)20-4-2/h7-8H,3-6H2,1-2H3. The highest BCUT2D eigenvalue weighted by molar-refractivity contribution is 7.16. The Bertz CT molecular complexity index is 715. The molecule has 21 heavy (non-hydrogen) atoms. The Kier molecular flexibility index (Phi) is 3.63. The topological polar surface area (TPSA) is 61.2 Å². The van der Waals surface area contributed by atoms with Crippen molar-refractivity contribution in [3.63, 3.8) is 0 Å². The zero-order valence-corrected chi connectivity index (χ0v) is 12.8. The van der Waals surface area contributed by atoms with Gasteiger partial charge in [0.2, 0.25) is 0 Å². The predicted octanol–water partition coefficient (Wildman–Crippen LogP) is 2.94. The fourth-order valence-corrected chi connectivity index (χ4v) is 3.58. The number of fused-ring (bicyclic) bond motifs is 3. The van der Waals surface area contributed by atoms with Crippen LogP contribution in [0.15, 0.2) is 12.3 Å². The number of carbonyl (C=O) groups is 2. The molecule has 6 heteroatoms. The lowest BCUT2D eigenvalue weighted by atomic mass is 10.1. The molecule has 2 aromatic rings. The van der Waals surface area contributed by atoms with E-state index in [9.17, 15) is 9.59 Å². The third-order valence-electron chi connectivity index (χ3n) is 3.56. The zero-order valence-electron chi connectivity index (χ0n) is 12.0. The van der Waals surface area contributed by atoms with Gasteiger partial charge < -0.3 is 4.74 Å². The Morgan fingerprint density at radius 3 is 3.00 bits per heavy atom. The van der Waals surface area contributed by atoms with Crippen LogP contribution < -0.4 is 0 Å². The quantitative estimate of drug-likeness (QED) is 0.818. The molecule has 0 unspecified atom stereocenters. The molecule has 0 bridgehead atoms. The molecular formula is C15H16N2O3S. The van der Waals surface area contributed by atoms with E-state index in [1.165, 1.54) is 11.3 Å². The number of thiophene rings is 1. The van der Waals surface area contributed by atoms with Crippen LogP contribution in [-0.4, -0.2) is 28.1 Å². The van der Waals surface area contributed by atoms with Gasteiger partial charge in [-0.15, -0.1) is 11.3 Å². The molecule has 5 nitrogen and oxygen atoms in total. The molecule has 0 atom stereocenters. The number of ether oxygens (including phenoxy) is 1. The third kappa shape index (κ3) is 2.29. The number of aromatic nitrogens is 2. The van der Waals surface area contributed by atoms with E-state index >= 15 is 0 Å². The van der Waals surface area contributed by atoms with E-state index < -0.39 is 0 Å². The molecule has 0 aromatic carbocycles. The van der Waals surface area contributed by atoms with Crippen molar-refractivity contribution in [1.82, 2.24) is 9.78 Å². The lowest BCUT2D eigenvalue weighted by molar-refractivity contribution is 0.0532. The van der Waals surface area contributed by atoms with E-state index in [0.717, 1.165) is 23.2 Å². The molecule has 1 aliphatic rings. The van der Waals surface area contributed by atoms with Gasteiger partial charge in [-0.2, -0.15) is 5.10 Å². The van der Waals surface area contributed by atoms with Crippen molar-refractivity contribution >= 4 is 23.1 Å². The lowest BCUT2D eigenvalue weighted by Crippen LogP contribution is -2.04. The van der Waals surface area contributed by atoms with E-state index in [-0.39, 0.29) is 11.8 Å². The summed E-state index contributed by atoms with van der Waals surface area (Å²) in [4.78, 5) is 25.3. The summed E-state index contributed by atoms with van der Waals surface area (Å²) in [5.74, 6) is -0.300. The number of ketones is 1. The molecule has 110 valence electrons. The molecule has 1 aliphatic heterocycles. The summed E-state index contributed by atoms with van der Waals surface area (Å²) in [7, 11) is 0. The van der Waals surface area contributed by atoms with Crippen LogP contribution in [0, 0.1) is 0 Å². The molecule has 3 rings (SSSR count). The minimum Gasteiger partial charge on any atom is -0.462 e. The van der Waals surface area contributed by atoms with Gasteiger partial charge in [0.25, 0.3) is 0 Å². The van der Waals surface area contributed by atoms with Crippen LogP contribution in [0.25, 0.3) is 11.3 Å². The number of aryl methyl sites for hydroxylation is 2. The summed E-state index contributed by atoms with van der Waals surface area (Å²) in [5, 5.41) is 4.36. The lowest BCUT2D eigenvalue weighted by Gasteiger charge is -2.04. The highest BCUT2D eigenvalue weighted by atomic mass is 32.1. The van der Waals surface area contributed by atoms with Gasteiger partial charge in [-0.05, 0) is 25.0 Å². The van der Waals surface area contributed by atoms with Crippen LogP contribution in [-0.2, 0) is 17.7 Å². The number of hydrogen-bond acceptors (Lipinski definition) is 5. The second-order valence-electron chi connectivity index (χ2n) is 4.84. The van der Waals surface area contributed by atoms with Crippen molar-refractivity contribution in [2.45, 2.75) is 33.2 Å². The highest BCUT2D eigenvalue weighted by Crippen LogP contribution is 2.37.